The quantitative estimate of drug-likeness (QED) is 0.615. The number of carbonyl (C=O) groups excluding carboxylic acids is 1. The fourth-order valence-corrected chi connectivity index (χ4v) is 3.70. The van der Waals surface area contributed by atoms with Gasteiger partial charge in [-0.05, 0) is 67.4 Å². The molecule has 2 heterocycles. The number of hydrogen-bond acceptors (Lipinski definition) is 4. The average molecular weight is 402 g/mol. The van der Waals surface area contributed by atoms with E-state index in [-0.39, 0.29) is 5.91 Å². The van der Waals surface area contributed by atoms with E-state index in [0.29, 0.717) is 18.7 Å². The Morgan fingerprint density at radius 1 is 0.967 bits per heavy atom. The highest BCUT2D eigenvalue weighted by Gasteiger charge is 2.14. The first-order chi connectivity index (χ1) is 14.8. The third-order valence-corrected chi connectivity index (χ3v) is 5.40. The van der Waals surface area contributed by atoms with Gasteiger partial charge in [0.25, 0.3) is 5.91 Å². The molecule has 1 aliphatic rings. The molecule has 0 bridgehead atoms. The Hall–Kier alpha value is -3.18. The third kappa shape index (κ3) is 5.45. The lowest BCUT2D eigenvalue weighted by molar-refractivity contribution is 0.0950. The van der Waals surface area contributed by atoms with E-state index in [2.05, 4.69) is 33.4 Å². The van der Waals surface area contributed by atoms with Crippen LogP contribution in [-0.2, 0) is 19.7 Å². The van der Waals surface area contributed by atoms with Crippen molar-refractivity contribution in [2.45, 2.75) is 32.5 Å². The van der Waals surface area contributed by atoms with Crippen molar-refractivity contribution in [3.8, 4) is 5.75 Å². The standard InChI is InChI=1S/C25H27N3O2/c29-25(21-9-11-24(12-10-21)30-19-20-6-5-13-26-16-20)27-17-22-7-1-2-8-23(22)18-28-14-3-4-15-28/h1-2,5-13,16H,3-4,14-15,17-19H2,(H,27,29). The minimum Gasteiger partial charge on any atom is -0.489 e. The van der Waals surface area contributed by atoms with Gasteiger partial charge >= 0.3 is 0 Å². The number of rotatable bonds is 8. The Bertz CT molecular complexity index is 952. The van der Waals surface area contributed by atoms with E-state index in [1.807, 2.05) is 30.3 Å². The summed E-state index contributed by atoms with van der Waals surface area (Å²) in [4.78, 5) is 19.1. The first-order valence-electron chi connectivity index (χ1n) is 10.5. The molecule has 0 unspecified atom stereocenters. The van der Waals surface area contributed by atoms with Crippen LogP contribution in [0.2, 0.25) is 0 Å². The van der Waals surface area contributed by atoms with E-state index in [0.717, 1.165) is 30.9 Å². The van der Waals surface area contributed by atoms with Crippen molar-refractivity contribution in [1.82, 2.24) is 15.2 Å². The number of pyridine rings is 1. The summed E-state index contributed by atoms with van der Waals surface area (Å²) in [5.41, 5.74) is 4.10. The maximum atomic E-state index is 12.6. The van der Waals surface area contributed by atoms with E-state index < -0.39 is 0 Å². The highest BCUT2D eigenvalue weighted by molar-refractivity contribution is 5.94. The smallest absolute Gasteiger partial charge is 0.251 e. The van der Waals surface area contributed by atoms with Gasteiger partial charge in [-0.3, -0.25) is 14.7 Å². The number of nitrogens with one attached hydrogen (secondary N) is 1. The molecule has 1 N–H and O–H groups in total. The van der Waals surface area contributed by atoms with Crippen LogP contribution < -0.4 is 10.1 Å². The average Bonchev–Trinajstić information content (AvgIpc) is 3.31. The molecule has 1 aliphatic heterocycles. The molecule has 2 aromatic carbocycles. The number of aromatic nitrogens is 1. The SMILES string of the molecule is O=C(NCc1ccccc1CN1CCCC1)c1ccc(OCc2cccnc2)cc1. The monoisotopic (exact) mass is 401 g/mol. The first kappa shape index (κ1) is 20.1. The van der Waals surface area contributed by atoms with Crippen molar-refractivity contribution in [3.63, 3.8) is 0 Å². The Kier molecular flexibility index (Phi) is 6.72. The molecule has 1 amide bonds. The van der Waals surface area contributed by atoms with Crippen LogP contribution in [0.15, 0.2) is 73.1 Å². The van der Waals surface area contributed by atoms with Crippen LogP contribution in [0.3, 0.4) is 0 Å². The molecule has 5 nitrogen and oxygen atoms in total. The van der Waals surface area contributed by atoms with Crippen LogP contribution in [-0.4, -0.2) is 28.9 Å². The molecule has 3 aromatic rings. The largest absolute Gasteiger partial charge is 0.489 e. The zero-order valence-electron chi connectivity index (χ0n) is 17.1. The molecule has 1 aromatic heterocycles. The minimum absolute atomic E-state index is 0.0789. The summed E-state index contributed by atoms with van der Waals surface area (Å²) in [6.45, 7) is 4.26. The van der Waals surface area contributed by atoms with Gasteiger partial charge in [0.05, 0.1) is 0 Å². The maximum Gasteiger partial charge on any atom is 0.251 e. The fourth-order valence-electron chi connectivity index (χ4n) is 3.70. The van der Waals surface area contributed by atoms with Crippen LogP contribution in [0.5, 0.6) is 5.75 Å². The summed E-state index contributed by atoms with van der Waals surface area (Å²) in [7, 11) is 0. The van der Waals surface area contributed by atoms with E-state index in [1.165, 1.54) is 24.0 Å². The van der Waals surface area contributed by atoms with Gasteiger partial charge in [-0.2, -0.15) is 0 Å². The fraction of sp³-hybridized carbons (Fsp3) is 0.280. The highest BCUT2D eigenvalue weighted by atomic mass is 16.5. The molecular formula is C25H27N3O2. The van der Waals surface area contributed by atoms with Gasteiger partial charge in [0.15, 0.2) is 0 Å². The van der Waals surface area contributed by atoms with Gasteiger partial charge in [0.2, 0.25) is 0 Å². The lowest BCUT2D eigenvalue weighted by Gasteiger charge is -2.17. The molecular weight excluding hydrogens is 374 g/mol. The van der Waals surface area contributed by atoms with Gasteiger partial charge in [-0.25, -0.2) is 0 Å². The number of ether oxygens (including phenoxy) is 1. The lowest BCUT2D eigenvalue weighted by atomic mass is 10.1. The second-order valence-corrected chi connectivity index (χ2v) is 7.61. The van der Waals surface area contributed by atoms with E-state index in [9.17, 15) is 4.79 Å². The van der Waals surface area contributed by atoms with Crippen molar-refractivity contribution in [1.29, 1.82) is 0 Å². The molecule has 4 rings (SSSR count). The Morgan fingerprint density at radius 2 is 1.73 bits per heavy atom. The molecule has 0 radical (unpaired) electrons. The topological polar surface area (TPSA) is 54.5 Å². The molecule has 154 valence electrons. The van der Waals surface area contributed by atoms with Crippen LogP contribution in [0, 0.1) is 0 Å². The van der Waals surface area contributed by atoms with Gasteiger partial charge in [-0.15, -0.1) is 0 Å². The van der Waals surface area contributed by atoms with Gasteiger partial charge < -0.3 is 10.1 Å². The second-order valence-electron chi connectivity index (χ2n) is 7.61. The molecule has 0 atom stereocenters. The Labute approximate surface area is 177 Å². The van der Waals surface area contributed by atoms with Crippen LogP contribution in [0.25, 0.3) is 0 Å². The number of carbonyl (C=O) groups is 1. The summed E-state index contributed by atoms with van der Waals surface area (Å²) in [6.07, 6.45) is 6.08. The number of amides is 1. The predicted octanol–water partition coefficient (Wildman–Crippen LogP) is 4.19. The molecule has 30 heavy (non-hydrogen) atoms. The molecule has 1 fully saturated rings. The van der Waals surface area contributed by atoms with Gasteiger partial charge in [-0.1, -0.05) is 30.3 Å². The van der Waals surface area contributed by atoms with Crippen LogP contribution >= 0.6 is 0 Å². The highest BCUT2D eigenvalue weighted by Crippen LogP contribution is 2.17. The van der Waals surface area contributed by atoms with Crippen molar-refractivity contribution < 1.29 is 9.53 Å². The van der Waals surface area contributed by atoms with Crippen LogP contribution in [0.1, 0.15) is 39.9 Å². The number of benzene rings is 2. The molecule has 0 aliphatic carbocycles. The molecule has 0 spiro atoms. The number of likely N-dealkylation sites (tertiary alicyclic amines) is 1. The predicted molar refractivity (Wildman–Crippen MR) is 117 cm³/mol. The first-order valence-corrected chi connectivity index (χ1v) is 10.5. The number of hydrogen-bond donors (Lipinski definition) is 1. The van der Waals surface area contributed by atoms with Crippen molar-refractivity contribution >= 4 is 5.91 Å². The third-order valence-electron chi connectivity index (χ3n) is 5.40. The van der Waals surface area contributed by atoms with E-state index >= 15 is 0 Å². The van der Waals surface area contributed by atoms with Crippen molar-refractivity contribution in [2.24, 2.45) is 0 Å². The zero-order valence-corrected chi connectivity index (χ0v) is 17.1. The van der Waals surface area contributed by atoms with Gasteiger partial charge in [0, 0.05) is 36.6 Å². The van der Waals surface area contributed by atoms with E-state index in [4.69, 9.17) is 4.74 Å². The van der Waals surface area contributed by atoms with Crippen molar-refractivity contribution in [3.05, 3.63) is 95.3 Å². The molecule has 5 heteroatoms. The van der Waals surface area contributed by atoms with E-state index in [1.54, 1.807) is 24.5 Å². The van der Waals surface area contributed by atoms with Gasteiger partial charge in [0.1, 0.15) is 12.4 Å². The molecule has 0 saturated carbocycles. The summed E-state index contributed by atoms with van der Waals surface area (Å²) in [6, 6.07) is 19.5. The van der Waals surface area contributed by atoms with Crippen molar-refractivity contribution in [2.75, 3.05) is 13.1 Å². The summed E-state index contributed by atoms with van der Waals surface area (Å²) < 4.78 is 5.76. The summed E-state index contributed by atoms with van der Waals surface area (Å²) >= 11 is 0. The number of nitrogens with zero attached hydrogens (tertiary/aromatic N) is 2. The maximum absolute atomic E-state index is 12.6. The minimum atomic E-state index is -0.0789. The summed E-state index contributed by atoms with van der Waals surface area (Å²) in [5.74, 6) is 0.649. The lowest BCUT2D eigenvalue weighted by Crippen LogP contribution is -2.25. The second kappa shape index (κ2) is 10.0. The Morgan fingerprint density at radius 3 is 2.47 bits per heavy atom. The summed E-state index contributed by atoms with van der Waals surface area (Å²) in [5, 5.41) is 3.05. The Balaban J connectivity index is 1.31. The normalized spacial score (nSPS) is 13.9. The molecule has 1 saturated heterocycles. The van der Waals surface area contributed by atoms with Crippen LogP contribution in [0.4, 0.5) is 0 Å². The zero-order chi connectivity index (χ0) is 20.6.